The summed E-state index contributed by atoms with van der Waals surface area (Å²) in [5, 5.41) is 0. The van der Waals surface area contributed by atoms with Crippen molar-refractivity contribution < 1.29 is 19.0 Å². The van der Waals surface area contributed by atoms with Crippen LogP contribution in [0.15, 0.2) is 66.7 Å². The highest BCUT2D eigenvalue weighted by Crippen LogP contribution is 2.34. The van der Waals surface area contributed by atoms with Crippen molar-refractivity contribution in [2.45, 2.75) is 32.4 Å². The molecule has 33 heavy (non-hydrogen) atoms. The van der Waals surface area contributed by atoms with Crippen LogP contribution in [0, 0.1) is 0 Å². The van der Waals surface area contributed by atoms with Gasteiger partial charge in [-0.15, -0.1) is 0 Å². The molecular formula is C27H30N2O4. The van der Waals surface area contributed by atoms with E-state index in [1.165, 1.54) is 5.56 Å². The quantitative estimate of drug-likeness (QED) is 0.524. The second kappa shape index (κ2) is 9.86. The zero-order valence-corrected chi connectivity index (χ0v) is 19.3. The highest BCUT2D eigenvalue weighted by Gasteiger charge is 2.32. The molecule has 0 radical (unpaired) electrons. The van der Waals surface area contributed by atoms with Gasteiger partial charge in [-0.25, -0.2) is 0 Å². The number of ether oxygens (including phenoxy) is 3. The van der Waals surface area contributed by atoms with Crippen LogP contribution in [-0.2, 0) is 6.42 Å². The fourth-order valence-corrected chi connectivity index (χ4v) is 4.14. The summed E-state index contributed by atoms with van der Waals surface area (Å²) in [6.45, 7) is 4.94. The van der Waals surface area contributed by atoms with E-state index in [-0.39, 0.29) is 18.1 Å². The molecule has 1 heterocycles. The smallest absolute Gasteiger partial charge is 0.254 e. The number of rotatable bonds is 7. The molecule has 1 unspecified atom stereocenters. The Bertz CT molecular complexity index is 1110. The number of carbonyl (C=O) groups is 1. The molecule has 1 atom stereocenters. The third kappa shape index (κ3) is 5.22. The lowest BCUT2D eigenvalue weighted by Gasteiger charge is -2.37. The Kier molecular flexibility index (Phi) is 6.73. The molecule has 2 N–H and O–H groups in total. The molecule has 6 nitrogen and oxygen atoms in total. The molecule has 4 rings (SSSR count). The average molecular weight is 447 g/mol. The van der Waals surface area contributed by atoms with Crippen LogP contribution < -0.4 is 19.9 Å². The van der Waals surface area contributed by atoms with Gasteiger partial charge in [0.2, 0.25) is 0 Å². The molecule has 0 spiro atoms. The highest BCUT2D eigenvalue weighted by molar-refractivity contribution is 5.95. The lowest BCUT2D eigenvalue weighted by atomic mass is 9.92. The van der Waals surface area contributed by atoms with Crippen LogP contribution >= 0.6 is 0 Å². The van der Waals surface area contributed by atoms with Gasteiger partial charge in [-0.3, -0.25) is 4.79 Å². The number of fused-ring (bicyclic) bond motifs is 1. The number of amides is 1. The summed E-state index contributed by atoms with van der Waals surface area (Å²) in [5.74, 6) is 2.27. The van der Waals surface area contributed by atoms with Crippen LogP contribution in [0.1, 0.15) is 41.4 Å². The van der Waals surface area contributed by atoms with Crippen molar-refractivity contribution in [3.63, 3.8) is 0 Å². The van der Waals surface area contributed by atoms with Gasteiger partial charge in [-0.05, 0) is 86.0 Å². The SMILES string of the molecule is COc1ccc(OCC2c3ccc(OC(C)C)cc3CCN2C(=O)c2cccc(N)c2)cc1. The van der Waals surface area contributed by atoms with Gasteiger partial charge in [-0.2, -0.15) is 0 Å². The topological polar surface area (TPSA) is 74.0 Å². The molecule has 0 fully saturated rings. The van der Waals surface area contributed by atoms with Crippen molar-refractivity contribution >= 4 is 11.6 Å². The summed E-state index contributed by atoms with van der Waals surface area (Å²) in [7, 11) is 1.63. The molecule has 172 valence electrons. The Labute approximate surface area is 194 Å². The Morgan fingerprint density at radius 1 is 1.03 bits per heavy atom. The maximum atomic E-state index is 13.5. The van der Waals surface area contributed by atoms with Crippen molar-refractivity contribution in [3.8, 4) is 17.2 Å². The Morgan fingerprint density at radius 2 is 1.76 bits per heavy atom. The van der Waals surface area contributed by atoms with Crippen LogP contribution in [0.2, 0.25) is 0 Å². The molecule has 0 saturated carbocycles. The Balaban J connectivity index is 1.63. The van der Waals surface area contributed by atoms with Crippen molar-refractivity contribution in [2.24, 2.45) is 0 Å². The molecule has 0 saturated heterocycles. The summed E-state index contributed by atoms with van der Waals surface area (Å²) < 4.78 is 17.2. The van der Waals surface area contributed by atoms with Crippen LogP contribution in [0.3, 0.4) is 0 Å². The summed E-state index contributed by atoms with van der Waals surface area (Å²) >= 11 is 0. The van der Waals surface area contributed by atoms with E-state index in [0.717, 1.165) is 29.2 Å². The van der Waals surface area contributed by atoms with E-state index in [9.17, 15) is 4.79 Å². The number of nitrogen functional groups attached to an aromatic ring is 1. The molecule has 3 aromatic carbocycles. The van der Waals surface area contributed by atoms with Gasteiger partial charge in [0.15, 0.2) is 0 Å². The molecule has 3 aromatic rings. The Hall–Kier alpha value is -3.67. The van der Waals surface area contributed by atoms with Crippen LogP contribution in [0.4, 0.5) is 5.69 Å². The van der Waals surface area contributed by atoms with Crippen LogP contribution in [0.25, 0.3) is 0 Å². The number of nitrogens with zero attached hydrogens (tertiary/aromatic N) is 1. The average Bonchev–Trinajstić information content (AvgIpc) is 2.81. The summed E-state index contributed by atoms with van der Waals surface area (Å²) in [5.41, 5.74) is 9.32. The number of nitrogens with two attached hydrogens (primary N) is 1. The maximum absolute atomic E-state index is 13.5. The van der Waals surface area contributed by atoms with Crippen molar-refractivity contribution in [2.75, 3.05) is 26.0 Å². The Morgan fingerprint density at radius 3 is 2.45 bits per heavy atom. The predicted molar refractivity (Wildman–Crippen MR) is 129 cm³/mol. The number of hydrogen-bond acceptors (Lipinski definition) is 5. The number of hydrogen-bond donors (Lipinski definition) is 1. The second-order valence-electron chi connectivity index (χ2n) is 8.40. The summed E-state index contributed by atoms with van der Waals surface area (Å²) in [4.78, 5) is 15.3. The number of anilines is 1. The second-order valence-corrected chi connectivity index (χ2v) is 8.40. The first kappa shape index (κ1) is 22.5. The van der Waals surface area contributed by atoms with E-state index in [0.29, 0.717) is 24.4 Å². The zero-order chi connectivity index (χ0) is 23.4. The van der Waals surface area contributed by atoms with Gasteiger partial charge in [-0.1, -0.05) is 12.1 Å². The molecule has 0 aromatic heterocycles. The fraction of sp³-hybridized carbons (Fsp3) is 0.296. The minimum absolute atomic E-state index is 0.0567. The number of carbonyl (C=O) groups excluding carboxylic acids is 1. The third-order valence-electron chi connectivity index (χ3n) is 5.71. The molecule has 1 aliphatic rings. The molecule has 1 aliphatic heterocycles. The van der Waals surface area contributed by atoms with Crippen molar-refractivity contribution in [3.05, 3.63) is 83.4 Å². The molecule has 1 amide bonds. The van der Waals surface area contributed by atoms with Gasteiger partial charge in [0.25, 0.3) is 5.91 Å². The normalized spacial score (nSPS) is 15.2. The molecular weight excluding hydrogens is 416 g/mol. The van der Waals surface area contributed by atoms with Gasteiger partial charge < -0.3 is 24.8 Å². The van der Waals surface area contributed by atoms with E-state index < -0.39 is 0 Å². The maximum Gasteiger partial charge on any atom is 0.254 e. The minimum atomic E-state index is -0.238. The van der Waals surface area contributed by atoms with Gasteiger partial charge in [0.05, 0.1) is 19.3 Å². The lowest BCUT2D eigenvalue weighted by molar-refractivity contribution is 0.0590. The van der Waals surface area contributed by atoms with Crippen molar-refractivity contribution in [1.29, 1.82) is 0 Å². The molecule has 0 bridgehead atoms. The zero-order valence-electron chi connectivity index (χ0n) is 19.3. The van der Waals surface area contributed by atoms with E-state index in [1.807, 2.05) is 55.1 Å². The fourth-order valence-electron chi connectivity index (χ4n) is 4.14. The first-order chi connectivity index (χ1) is 15.9. The van der Waals surface area contributed by atoms with Gasteiger partial charge >= 0.3 is 0 Å². The summed E-state index contributed by atoms with van der Waals surface area (Å²) in [6.07, 6.45) is 0.847. The van der Waals surface area contributed by atoms with E-state index in [1.54, 1.807) is 31.4 Å². The standard InChI is InChI=1S/C27H30N2O4/c1-18(2)33-24-11-12-25-19(16-24)13-14-29(27(30)20-5-4-6-21(28)15-20)26(25)17-32-23-9-7-22(31-3)8-10-23/h4-12,15-16,18,26H,13-14,17,28H2,1-3H3. The molecule has 6 heteroatoms. The number of methoxy groups -OCH3 is 1. The minimum Gasteiger partial charge on any atom is -0.497 e. The number of benzene rings is 3. The van der Waals surface area contributed by atoms with Crippen LogP contribution in [0.5, 0.6) is 17.2 Å². The van der Waals surface area contributed by atoms with E-state index >= 15 is 0 Å². The lowest BCUT2D eigenvalue weighted by Crippen LogP contribution is -2.42. The van der Waals surface area contributed by atoms with Gasteiger partial charge in [0.1, 0.15) is 23.9 Å². The van der Waals surface area contributed by atoms with E-state index in [4.69, 9.17) is 19.9 Å². The van der Waals surface area contributed by atoms with Crippen LogP contribution in [-0.4, -0.2) is 37.2 Å². The van der Waals surface area contributed by atoms with Crippen molar-refractivity contribution in [1.82, 2.24) is 4.90 Å². The monoisotopic (exact) mass is 446 g/mol. The largest absolute Gasteiger partial charge is 0.497 e. The predicted octanol–water partition coefficient (Wildman–Crippen LogP) is 4.88. The highest BCUT2D eigenvalue weighted by atomic mass is 16.5. The summed E-state index contributed by atoms with van der Waals surface area (Å²) in [6, 6.07) is 20.4. The first-order valence-corrected chi connectivity index (χ1v) is 11.2. The third-order valence-corrected chi connectivity index (χ3v) is 5.71. The first-order valence-electron chi connectivity index (χ1n) is 11.2. The molecule has 0 aliphatic carbocycles. The van der Waals surface area contributed by atoms with Gasteiger partial charge in [0, 0.05) is 17.8 Å². The van der Waals surface area contributed by atoms with E-state index in [2.05, 4.69) is 6.07 Å².